The third-order valence-corrected chi connectivity index (χ3v) is 4.38. The highest BCUT2D eigenvalue weighted by Crippen LogP contribution is 2.33. The summed E-state index contributed by atoms with van der Waals surface area (Å²) >= 11 is 1.13. The Hall–Kier alpha value is -1.46. The second-order valence-electron chi connectivity index (χ2n) is 4.52. The van der Waals surface area contributed by atoms with Gasteiger partial charge in [-0.25, -0.2) is 9.18 Å². The Kier molecular flexibility index (Phi) is 4.17. The monoisotopic (exact) mass is 281 g/mol. The van der Waals surface area contributed by atoms with E-state index in [0.29, 0.717) is 22.2 Å². The number of thiophene rings is 1. The van der Waals surface area contributed by atoms with Crippen LogP contribution in [0.2, 0.25) is 0 Å². The first kappa shape index (κ1) is 14.0. The molecule has 1 atom stereocenters. The van der Waals surface area contributed by atoms with Crippen molar-refractivity contribution in [1.82, 2.24) is 5.32 Å². The summed E-state index contributed by atoms with van der Waals surface area (Å²) in [5, 5.41) is 12.9. The zero-order valence-electron chi connectivity index (χ0n) is 10.9. The molecule has 2 rings (SSSR count). The highest BCUT2D eigenvalue weighted by atomic mass is 32.1. The first-order chi connectivity index (χ1) is 9.04. The second-order valence-corrected chi connectivity index (χ2v) is 5.57. The summed E-state index contributed by atoms with van der Waals surface area (Å²) in [4.78, 5) is 11.5. The molecule has 1 unspecified atom stereocenters. The molecule has 0 aliphatic heterocycles. The van der Waals surface area contributed by atoms with Crippen molar-refractivity contribution in [3.05, 3.63) is 34.5 Å². The summed E-state index contributed by atoms with van der Waals surface area (Å²) in [6, 6.07) is 4.99. The van der Waals surface area contributed by atoms with Crippen molar-refractivity contribution in [3.8, 4) is 0 Å². The predicted molar refractivity (Wildman–Crippen MR) is 75.3 cm³/mol. The van der Waals surface area contributed by atoms with Crippen molar-refractivity contribution in [3.63, 3.8) is 0 Å². The van der Waals surface area contributed by atoms with Crippen molar-refractivity contribution in [2.24, 2.45) is 0 Å². The fourth-order valence-corrected chi connectivity index (χ4v) is 3.00. The average Bonchev–Trinajstić information content (AvgIpc) is 2.76. The molecular weight excluding hydrogens is 265 g/mol. The summed E-state index contributed by atoms with van der Waals surface area (Å²) < 4.78 is 14.6. The normalized spacial score (nSPS) is 12.8. The largest absolute Gasteiger partial charge is 0.477 e. The van der Waals surface area contributed by atoms with Crippen LogP contribution in [0, 0.1) is 5.82 Å². The van der Waals surface area contributed by atoms with Crippen LogP contribution in [-0.2, 0) is 6.54 Å². The molecule has 3 nitrogen and oxygen atoms in total. The Labute approximate surface area is 115 Å². The third kappa shape index (κ3) is 2.77. The SMILES string of the molecule is CCC(C)NCc1c(C(=O)O)sc2cccc(F)c12. The van der Waals surface area contributed by atoms with E-state index in [9.17, 15) is 14.3 Å². The number of benzene rings is 1. The average molecular weight is 281 g/mol. The van der Waals surface area contributed by atoms with Crippen LogP contribution in [0.4, 0.5) is 4.39 Å². The van der Waals surface area contributed by atoms with E-state index < -0.39 is 5.97 Å². The minimum atomic E-state index is -0.999. The minimum Gasteiger partial charge on any atom is -0.477 e. The lowest BCUT2D eigenvalue weighted by Crippen LogP contribution is -2.25. The number of carbonyl (C=O) groups is 1. The maximum atomic E-state index is 13.9. The van der Waals surface area contributed by atoms with E-state index in [1.54, 1.807) is 12.1 Å². The number of halogens is 1. The molecule has 1 heterocycles. The first-order valence-electron chi connectivity index (χ1n) is 6.21. The van der Waals surface area contributed by atoms with Crippen LogP contribution in [0.1, 0.15) is 35.5 Å². The number of carboxylic acids is 1. The van der Waals surface area contributed by atoms with E-state index in [1.807, 2.05) is 13.8 Å². The van der Waals surface area contributed by atoms with E-state index in [4.69, 9.17) is 0 Å². The van der Waals surface area contributed by atoms with Crippen LogP contribution in [0.15, 0.2) is 18.2 Å². The molecule has 0 aliphatic rings. The Morgan fingerprint density at radius 1 is 1.53 bits per heavy atom. The summed E-state index contributed by atoms with van der Waals surface area (Å²) in [6.07, 6.45) is 0.937. The van der Waals surface area contributed by atoms with Crippen LogP contribution in [-0.4, -0.2) is 17.1 Å². The molecule has 2 aromatic rings. The molecule has 0 amide bonds. The molecule has 5 heteroatoms. The standard InChI is InChI=1S/C14H16FNO2S/c1-3-8(2)16-7-9-12-10(15)5-4-6-11(12)19-13(9)14(17)18/h4-6,8,16H,3,7H2,1-2H3,(H,17,18). The molecule has 0 saturated carbocycles. The molecule has 0 bridgehead atoms. The maximum Gasteiger partial charge on any atom is 0.346 e. The number of carboxylic acid groups (broad SMARTS) is 1. The van der Waals surface area contributed by atoms with Gasteiger partial charge in [-0.3, -0.25) is 0 Å². The molecule has 1 aromatic heterocycles. The number of rotatable bonds is 5. The van der Waals surface area contributed by atoms with Gasteiger partial charge in [0.1, 0.15) is 10.7 Å². The molecule has 0 aliphatic carbocycles. The van der Waals surface area contributed by atoms with Gasteiger partial charge in [0.05, 0.1) is 0 Å². The lowest BCUT2D eigenvalue weighted by molar-refractivity contribution is 0.0701. The van der Waals surface area contributed by atoms with Crippen LogP contribution >= 0.6 is 11.3 Å². The molecule has 1 aromatic carbocycles. The van der Waals surface area contributed by atoms with Gasteiger partial charge in [0.2, 0.25) is 0 Å². The van der Waals surface area contributed by atoms with Crippen molar-refractivity contribution < 1.29 is 14.3 Å². The zero-order chi connectivity index (χ0) is 14.0. The van der Waals surface area contributed by atoms with E-state index >= 15 is 0 Å². The van der Waals surface area contributed by atoms with Crippen molar-refractivity contribution in [1.29, 1.82) is 0 Å². The third-order valence-electron chi connectivity index (χ3n) is 3.20. The lowest BCUT2D eigenvalue weighted by Gasteiger charge is -2.11. The summed E-state index contributed by atoms with van der Waals surface area (Å²) in [6.45, 7) is 4.44. The highest BCUT2D eigenvalue weighted by Gasteiger charge is 2.20. The molecule has 19 heavy (non-hydrogen) atoms. The van der Waals surface area contributed by atoms with E-state index in [1.165, 1.54) is 6.07 Å². The summed E-state index contributed by atoms with van der Waals surface area (Å²) in [5.41, 5.74) is 0.547. The quantitative estimate of drug-likeness (QED) is 0.880. The minimum absolute atomic E-state index is 0.218. The zero-order valence-corrected chi connectivity index (χ0v) is 11.7. The van der Waals surface area contributed by atoms with Crippen molar-refractivity contribution >= 4 is 27.4 Å². The summed E-state index contributed by atoms with van der Waals surface area (Å²) in [7, 11) is 0. The van der Waals surface area contributed by atoms with E-state index in [-0.39, 0.29) is 16.7 Å². The van der Waals surface area contributed by atoms with Gasteiger partial charge in [-0.15, -0.1) is 11.3 Å². The van der Waals surface area contributed by atoms with Crippen molar-refractivity contribution in [2.45, 2.75) is 32.9 Å². The van der Waals surface area contributed by atoms with Crippen molar-refractivity contribution in [2.75, 3.05) is 0 Å². The molecule has 0 saturated heterocycles. The van der Waals surface area contributed by atoms with Gasteiger partial charge in [-0.05, 0) is 25.5 Å². The molecule has 0 spiro atoms. The fraction of sp³-hybridized carbons (Fsp3) is 0.357. The van der Waals surface area contributed by atoms with Gasteiger partial charge in [0.15, 0.2) is 0 Å². The van der Waals surface area contributed by atoms with Gasteiger partial charge in [-0.2, -0.15) is 0 Å². The molecule has 2 N–H and O–H groups in total. The topological polar surface area (TPSA) is 49.3 Å². The van der Waals surface area contributed by atoms with Gasteiger partial charge < -0.3 is 10.4 Å². The van der Waals surface area contributed by atoms with Crippen LogP contribution in [0.5, 0.6) is 0 Å². The van der Waals surface area contributed by atoms with Gasteiger partial charge >= 0.3 is 5.97 Å². The van der Waals surface area contributed by atoms with Gasteiger partial charge in [-0.1, -0.05) is 13.0 Å². The first-order valence-corrected chi connectivity index (χ1v) is 7.02. The Morgan fingerprint density at radius 2 is 2.26 bits per heavy atom. The maximum absolute atomic E-state index is 13.9. The number of aromatic carboxylic acids is 1. The number of fused-ring (bicyclic) bond motifs is 1. The molecule has 102 valence electrons. The Balaban J connectivity index is 2.48. The Morgan fingerprint density at radius 3 is 2.89 bits per heavy atom. The van der Waals surface area contributed by atoms with Gasteiger partial charge in [0.25, 0.3) is 0 Å². The predicted octanol–water partition coefficient (Wildman–Crippen LogP) is 3.63. The van der Waals surface area contributed by atoms with E-state index in [2.05, 4.69) is 5.32 Å². The second kappa shape index (κ2) is 5.67. The highest BCUT2D eigenvalue weighted by molar-refractivity contribution is 7.21. The smallest absolute Gasteiger partial charge is 0.346 e. The fourth-order valence-electron chi connectivity index (χ4n) is 1.93. The summed E-state index contributed by atoms with van der Waals surface area (Å²) in [5.74, 6) is -1.36. The number of hydrogen-bond acceptors (Lipinski definition) is 3. The molecule has 0 radical (unpaired) electrons. The van der Waals surface area contributed by atoms with Gasteiger partial charge in [0, 0.05) is 28.2 Å². The van der Waals surface area contributed by atoms with Crippen LogP contribution in [0.3, 0.4) is 0 Å². The van der Waals surface area contributed by atoms with Crippen LogP contribution in [0.25, 0.3) is 10.1 Å². The number of hydrogen-bond donors (Lipinski definition) is 2. The molecular formula is C14H16FNO2S. The number of nitrogens with one attached hydrogen (secondary N) is 1. The Bertz CT molecular complexity index is 609. The lowest BCUT2D eigenvalue weighted by atomic mass is 10.1. The van der Waals surface area contributed by atoms with Crippen LogP contribution < -0.4 is 5.32 Å². The molecule has 0 fully saturated rings. The van der Waals surface area contributed by atoms with E-state index in [0.717, 1.165) is 17.8 Å².